The number of esters is 1. The van der Waals surface area contributed by atoms with E-state index in [9.17, 15) is 9.90 Å². The zero-order valence-electron chi connectivity index (χ0n) is 8.47. The first-order valence-corrected chi connectivity index (χ1v) is 4.30. The number of aromatic hydroxyl groups is 2. The van der Waals surface area contributed by atoms with Crippen LogP contribution in [0.15, 0.2) is 23.8 Å². The predicted octanol–water partition coefficient (Wildman–Crippen LogP) is 1.18. The summed E-state index contributed by atoms with van der Waals surface area (Å²) in [5, 5.41) is 26.9. The number of carbonyl (C=O) groups is 1. The van der Waals surface area contributed by atoms with Crippen LogP contribution in [-0.4, -0.2) is 23.3 Å². The van der Waals surface area contributed by atoms with Crippen LogP contribution < -0.4 is 0 Å². The molecular weight excluding hydrogens is 210 g/mol. The van der Waals surface area contributed by atoms with Gasteiger partial charge in [-0.25, -0.2) is 4.79 Å². The second-order valence-electron chi connectivity index (χ2n) is 2.91. The van der Waals surface area contributed by atoms with Gasteiger partial charge in [-0.05, 0) is 23.8 Å². The molecule has 1 aromatic rings. The maximum Gasteiger partial charge on any atom is 0.348 e. The van der Waals surface area contributed by atoms with E-state index in [-0.39, 0.29) is 17.1 Å². The van der Waals surface area contributed by atoms with Crippen LogP contribution in [0.3, 0.4) is 0 Å². The van der Waals surface area contributed by atoms with Crippen molar-refractivity contribution in [1.29, 1.82) is 5.26 Å². The van der Waals surface area contributed by atoms with Crippen LogP contribution in [0.5, 0.6) is 11.5 Å². The van der Waals surface area contributed by atoms with Gasteiger partial charge in [-0.3, -0.25) is 0 Å². The molecule has 0 aliphatic carbocycles. The van der Waals surface area contributed by atoms with E-state index in [0.717, 1.165) is 0 Å². The van der Waals surface area contributed by atoms with E-state index in [1.807, 2.05) is 0 Å². The van der Waals surface area contributed by atoms with E-state index in [0.29, 0.717) is 5.56 Å². The van der Waals surface area contributed by atoms with E-state index in [1.54, 1.807) is 6.07 Å². The Balaban J connectivity index is 3.10. The molecule has 16 heavy (non-hydrogen) atoms. The topological polar surface area (TPSA) is 90.6 Å². The van der Waals surface area contributed by atoms with Crippen LogP contribution >= 0.6 is 0 Å². The van der Waals surface area contributed by atoms with Gasteiger partial charge in [-0.1, -0.05) is 6.07 Å². The number of rotatable bonds is 2. The van der Waals surface area contributed by atoms with Crippen molar-refractivity contribution >= 4 is 12.0 Å². The van der Waals surface area contributed by atoms with Crippen molar-refractivity contribution < 1.29 is 19.7 Å². The van der Waals surface area contributed by atoms with Crippen molar-refractivity contribution in [3.05, 3.63) is 29.3 Å². The third kappa shape index (κ3) is 2.51. The molecule has 0 aliphatic heterocycles. The number of nitrogens with zero attached hydrogens (tertiary/aromatic N) is 1. The van der Waals surface area contributed by atoms with Gasteiger partial charge in [-0.15, -0.1) is 0 Å². The minimum Gasteiger partial charge on any atom is -0.504 e. The molecule has 0 aliphatic rings. The molecule has 0 radical (unpaired) electrons. The molecule has 0 saturated carbocycles. The first-order chi connectivity index (χ1) is 7.58. The summed E-state index contributed by atoms with van der Waals surface area (Å²) >= 11 is 0. The predicted molar refractivity (Wildman–Crippen MR) is 55.4 cm³/mol. The monoisotopic (exact) mass is 219 g/mol. The van der Waals surface area contributed by atoms with Gasteiger partial charge in [-0.2, -0.15) is 5.26 Å². The highest BCUT2D eigenvalue weighted by molar-refractivity contribution is 5.97. The van der Waals surface area contributed by atoms with E-state index >= 15 is 0 Å². The molecule has 5 heteroatoms. The second kappa shape index (κ2) is 4.84. The molecule has 0 amide bonds. The lowest BCUT2D eigenvalue weighted by Gasteiger charge is -2.00. The first kappa shape index (κ1) is 11.6. The number of benzene rings is 1. The smallest absolute Gasteiger partial charge is 0.348 e. The summed E-state index contributed by atoms with van der Waals surface area (Å²) in [6, 6.07) is 5.62. The quantitative estimate of drug-likeness (QED) is 0.337. The molecule has 1 rings (SSSR count). The number of nitriles is 1. The number of carbonyl (C=O) groups excluding carboxylic acids is 1. The Kier molecular flexibility index (Phi) is 3.51. The van der Waals surface area contributed by atoms with Gasteiger partial charge in [0.25, 0.3) is 0 Å². The minimum atomic E-state index is -0.755. The van der Waals surface area contributed by atoms with Gasteiger partial charge in [0.05, 0.1) is 7.11 Å². The van der Waals surface area contributed by atoms with Gasteiger partial charge >= 0.3 is 5.97 Å². The van der Waals surface area contributed by atoms with Crippen LogP contribution in [0.4, 0.5) is 0 Å². The summed E-state index contributed by atoms with van der Waals surface area (Å²) in [4.78, 5) is 11.1. The zero-order valence-corrected chi connectivity index (χ0v) is 8.47. The lowest BCUT2D eigenvalue weighted by atomic mass is 10.1. The Morgan fingerprint density at radius 2 is 2.12 bits per heavy atom. The summed E-state index contributed by atoms with van der Waals surface area (Å²) in [6.45, 7) is 0. The Hall–Kier alpha value is -2.48. The fraction of sp³-hybridized carbons (Fsp3) is 0.0909. The summed E-state index contributed by atoms with van der Waals surface area (Å²) < 4.78 is 4.39. The van der Waals surface area contributed by atoms with Gasteiger partial charge < -0.3 is 14.9 Å². The van der Waals surface area contributed by atoms with Crippen LogP contribution in [0.25, 0.3) is 6.08 Å². The molecule has 0 saturated heterocycles. The van der Waals surface area contributed by atoms with E-state index in [4.69, 9.17) is 10.4 Å². The number of methoxy groups -OCH3 is 1. The molecule has 2 N–H and O–H groups in total. The molecule has 0 atom stereocenters. The molecule has 1 aromatic carbocycles. The average molecular weight is 219 g/mol. The molecule has 0 fully saturated rings. The number of hydrogen-bond acceptors (Lipinski definition) is 5. The van der Waals surface area contributed by atoms with E-state index in [1.165, 1.54) is 31.4 Å². The highest BCUT2D eigenvalue weighted by Gasteiger charge is 2.09. The molecule has 0 spiro atoms. The van der Waals surface area contributed by atoms with Crippen LogP contribution in [-0.2, 0) is 9.53 Å². The SMILES string of the molecule is COC(=O)/C(C#N)=C/c1ccc(O)c(O)c1. The van der Waals surface area contributed by atoms with E-state index in [2.05, 4.69) is 4.74 Å². The summed E-state index contributed by atoms with van der Waals surface area (Å²) in [6.07, 6.45) is 1.25. The highest BCUT2D eigenvalue weighted by Crippen LogP contribution is 2.25. The largest absolute Gasteiger partial charge is 0.504 e. The number of hydrogen-bond donors (Lipinski definition) is 2. The summed E-state index contributed by atoms with van der Waals surface area (Å²) in [5.41, 5.74) is 0.227. The Morgan fingerprint density at radius 1 is 1.44 bits per heavy atom. The highest BCUT2D eigenvalue weighted by atomic mass is 16.5. The molecule has 5 nitrogen and oxygen atoms in total. The van der Waals surface area contributed by atoms with Gasteiger partial charge in [0, 0.05) is 0 Å². The number of phenols is 2. The Labute approximate surface area is 91.8 Å². The van der Waals surface area contributed by atoms with Crippen LogP contribution in [0.2, 0.25) is 0 Å². The number of ether oxygens (including phenoxy) is 1. The second-order valence-corrected chi connectivity index (χ2v) is 2.91. The normalized spacial score (nSPS) is 10.6. The standard InChI is InChI=1S/C11H9NO4/c1-16-11(15)8(6-12)4-7-2-3-9(13)10(14)5-7/h2-5,13-14H,1H3/b8-4+. The van der Waals surface area contributed by atoms with Crippen molar-refractivity contribution in [2.45, 2.75) is 0 Å². The molecule has 82 valence electrons. The Morgan fingerprint density at radius 3 is 2.62 bits per heavy atom. The van der Waals surface area contributed by atoms with Crippen molar-refractivity contribution in [3.63, 3.8) is 0 Å². The van der Waals surface area contributed by atoms with Crippen LogP contribution in [0.1, 0.15) is 5.56 Å². The lowest BCUT2D eigenvalue weighted by Crippen LogP contribution is -2.02. The molecule has 0 aromatic heterocycles. The van der Waals surface area contributed by atoms with Crippen LogP contribution in [0, 0.1) is 11.3 Å². The maximum atomic E-state index is 11.1. The fourth-order valence-electron chi connectivity index (χ4n) is 1.04. The van der Waals surface area contributed by atoms with Gasteiger partial charge in [0.1, 0.15) is 11.6 Å². The maximum absolute atomic E-state index is 11.1. The van der Waals surface area contributed by atoms with Gasteiger partial charge in [0.2, 0.25) is 0 Å². The summed E-state index contributed by atoms with van der Waals surface area (Å²) in [7, 11) is 1.17. The zero-order chi connectivity index (χ0) is 12.1. The lowest BCUT2D eigenvalue weighted by molar-refractivity contribution is -0.135. The first-order valence-electron chi connectivity index (χ1n) is 4.30. The molecular formula is C11H9NO4. The van der Waals surface area contributed by atoms with Gasteiger partial charge in [0.15, 0.2) is 11.5 Å². The minimum absolute atomic E-state index is 0.187. The van der Waals surface area contributed by atoms with E-state index < -0.39 is 5.97 Å². The van der Waals surface area contributed by atoms with Crippen molar-refractivity contribution in [1.82, 2.24) is 0 Å². The number of phenolic OH excluding ortho intramolecular Hbond substituents is 2. The fourth-order valence-corrected chi connectivity index (χ4v) is 1.04. The van der Waals surface area contributed by atoms with Crippen molar-refractivity contribution in [2.75, 3.05) is 7.11 Å². The summed E-state index contributed by atoms with van der Waals surface area (Å²) in [5.74, 6) is -1.35. The average Bonchev–Trinajstić information content (AvgIpc) is 2.29. The third-order valence-electron chi connectivity index (χ3n) is 1.84. The third-order valence-corrected chi connectivity index (χ3v) is 1.84. The molecule has 0 unspecified atom stereocenters. The molecule has 0 heterocycles. The molecule has 0 bridgehead atoms. The van der Waals surface area contributed by atoms with Crippen molar-refractivity contribution in [2.24, 2.45) is 0 Å². The Bertz CT molecular complexity index is 485. The van der Waals surface area contributed by atoms with Crippen molar-refractivity contribution in [3.8, 4) is 17.6 Å².